The van der Waals surface area contributed by atoms with E-state index in [1.165, 1.54) is 31.2 Å². The number of benzene rings is 3. The highest BCUT2D eigenvalue weighted by atomic mass is 16.7. The first-order valence-electron chi connectivity index (χ1n) is 20.7. The van der Waals surface area contributed by atoms with Crippen LogP contribution in [0.15, 0.2) is 63.8 Å². The third kappa shape index (κ3) is 9.62. The lowest BCUT2D eigenvalue weighted by molar-refractivity contribution is -0.330. The molecule has 3 aliphatic rings. The zero-order valence-electron chi connectivity index (χ0n) is 34.8. The van der Waals surface area contributed by atoms with Crippen LogP contribution < -0.4 is 19.6 Å². The molecule has 2 aliphatic carbocycles. The number of aliphatic hydroxyl groups excluding tert-OH is 10. The van der Waals surface area contributed by atoms with Crippen molar-refractivity contribution < 1.29 is 104 Å². The summed E-state index contributed by atoms with van der Waals surface area (Å²) in [7, 11) is 0. The largest absolute Gasteiger partial charge is 0.507 e. The topological polar surface area (TPSA) is 377 Å². The Morgan fingerprint density at radius 1 is 0.712 bits per heavy atom. The molecule has 0 amide bonds. The molecule has 1 aromatic heterocycles. The molecule has 22 heteroatoms. The Hall–Kier alpha value is -5.60. The number of phenols is 4. The molecule has 0 spiro atoms. The van der Waals surface area contributed by atoms with Crippen LogP contribution in [0, 0.1) is 11.8 Å². The molecular weight excluding hydrogens is 880 g/mol. The number of phenolic OH excluding ortho intramolecular Hbond substituents is 4. The van der Waals surface area contributed by atoms with Crippen molar-refractivity contribution in [1.29, 1.82) is 0 Å². The van der Waals surface area contributed by atoms with E-state index in [9.17, 15) is 81.1 Å². The highest BCUT2D eigenvalue weighted by molar-refractivity contribution is 5.90. The second-order valence-electron chi connectivity index (χ2n) is 16.5. The highest BCUT2D eigenvalue weighted by Gasteiger charge is 2.50. The lowest BCUT2D eigenvalue weighted by Crippen LogP contribution is -2.63. The molecule has 22 nitrogen and oxygen atoms in total. The Morgan fingerprint density at radius 3 is 2.12 bits per heavy atom. The van der Waals surface area contributed by atoms with Crippen LogP contribution in [-0.4, -0.2) is 170 Å². The van der Waals surface area contributed by atoms with Crippen LogP contribution in [0.5, 0.6) is 40.2 Å². The van der Waals surface area contributed by atoms with E-state index >= 15 is 0 Å². The molecule has 7 rings (SSSR count). The fraction of sp³-hybridized carbons (Fsp3) is 0.455. The number of fused-ring (bicyclic) bond motifs is 1. The Labute approximate surface area is 373 Å². The molecule has 0 radical (unpaired) electrons. The quantitative estimate of drug-likeness (QED) is 0.0330. The van der Waals surface area contributed by atoms with Gasteiger partial charge in [0.15, 0.2) is 35.0 Å². The average molecular weight is 931 g/mol. The van der Waals surface area contributed by atoms with Crippen molar-refractivity contribution in [2.45, 2.75) is 99.3 Å². The lowest BCUT2D eigenvalue weighted by atomic mass is 9.81. The number of aromatic hydroxyl groups is 4. The minimum absolute atomic E-state index is 0.121. The van der Waals surface area contributed by atoms with Gasteiger partial charge in [-0.15, -0.1) is 0 Å². The van der Waals surface area contributed by atoms with Gasteiger partial charge in [-0.2, -0.15) is 0 Å². The van der Waals surface area contributed by atoms with Gasteiger partial charge >= 0.3 is 5.97 Å². The van der Waals surface area contributed by atoms with E-state index in [2.05, 4.69) is 0 Å². The molecule has 14 N–H and O–H groups in total. The van der Waals surface area contributed by atoms with Crippen molar-refractivity contribution in [1.82, 2.24) is 0 Å². The van der Waals surface area contributed by atoms with Crippen LogP contribution in [0.3, 0.4) is 0 Å². The van der Waals surface area contributed by atoms with Crippen molar-refractivity contribution >= 4 is 23.0 Å². The summed E-state index contributed by atoms with van der Waals surface area (Å²) >= 11 is 0. The van der Waals surface area contributed by atoms with Crippen molar-refractivity contribution in [2.24, 2.45) is 11.8 Å². The lowest BCUT2D eigenvalue weighted by Gasteiger charge is -2.45. The van der Waals surface area contributed by atoms with Gasteiger partial charge < -0.3 is 99.6 Å². The summed E-state index contributed by atoms with van der Waals surface area (Å²) in [4.78, 5) is 27.6. The molecule has 2 heterocycles. The molecule has 3 aromatic carbocycles. The van der Waals surface area contributed by atoms with Gasteiger partial charge in [0.2, 0.25) is 11.2 Å². The Morgan fingerprint density at radius 2 is 1.42 bits per heavy atom. The van der Waals surface area contributed by atoms with Gasteiger partial charge in [-0.25, -0.2) is 4.79 Å². The number of ether oxygens (including phenoxy) is 5. The molecule has 0 bridgehead atoms. The van der Waals surface area contributed by atoms with Gasteiger partial charge in [-0.3, -0.25) is 4.79 Å². The van der Waals surface area contributed by atoms with Gasteiger partial charge in [-0.05, 0) is 60.7 Å². The Balaban J connectivity index is 1.30. The summed E-state index contributed by atoms with van der Waals surface area (Å²) in [5.41, 5.74) is -1.28. The second-order valence-corrected chi connectivity index (χ2v) is 16.5. The van der Waals surface area contributed by atoms with E-state index in [0.717, 1.165) is 36.4 Å². The maximum Gasteiger partial charge on any atom is 0.336 e. The first-order chi connectivity index (χ1) is 31.3. The summed E-state index contributed by atoms with van der Waals surface area (Å²) in [6, 6.07) is 9.24. The molecule has 4 aromatic rings. The maximum absolute atomic E-state index is 14.7. The van der Waals surface area contributed by atoms with E-state index in [-0.39, 0.29) is 35.3 Å². The van der Waals surface area contributed by atoms with Gasteiger partial charge in [0.1, 0.15) is 83.5 Å². The molecule has 1 saturated heterocycles. The van der Waals surface area contributed by atoms with E-state index in [1.54, 1.807) is 0 Å². The molecule has 358 valence electrons. The summed E-state index contributed by atoms with van der Waals surface area (Å²) in [6.07, 6.45) is -19.6. The molecule has 1 aliphatic heterocycles. The van der Waals surface area contributed by atoms with Gasteiger partial charge in [0.05, 0.1) is 18.8 Å². The van der Waals surface area contributed by atoms with Crippen molar-refractivity contribution in [2.75, 3.05) is 13.2 Å². The monoisotopic (exact) mass is 930 g/mol. The van der Waals surface area contributed by atoms with Crippen LogP contribution >= 0.6 is 0 Å². The molecule has 15 atom stereocenters. The Bertz CT molecular complexity index is 2470. The SMILES string of the molecule is CC1CC(Oc2c(-c3ccc(O)c(OC(=O)/C=C/c4ccc(O)c(O)c4)c3)oc3cc(O[C@@H]4CC(CO)[C@@H](O)[C@H](O)C4O)cc(O)c3c2=O)C(O[C@@H]2OC(CO)[C@@H](O)[C@H](O)C2O)C(O)C1O. The average Bonchev–Trinajstić information content (AvgIpc) is 3.28. The minimum atomic E-state index is -1.96. The summed E-state index contributed by atoms with van der Waals surface area (Å²) < 4.78 is 35.2. The van der Waals surface area contributed by atoms with E-state index in [4.69, 9.17) is 28.1 Å². The first kappa shape index (κ1) is 48.3. The van der Waals surface area contributed by atoms with Gasteiger partial charge in [0, 0.05) is 36.3 Å². The summed E-state index contributed by atoms with van der Waals surface area (Å²) in [6.45, 7) is 0.146. The maximum atomic E-state index is 14.7. The predicted molar refractivity (Wildman–Crippen MR) is 222 cm³/mol. The van der Waals surface area contributed by atoms with Gasteiger partial charge in [0.25, 0.3) is 0 Å². The Kier molecular flexibility index (Phi) is 14.4. The molecule has 2 saturated carbocycles. The van der Waals surface area contributed by atoms with Crippen LogP contribution in [0.4, 0.5) is 0 Å². The summed E-state index contributed by atoms with van der Waals surface area (Å²) in [5.74, 6) is -6.75. The standard InChI is InChI=1S/C44H50O22/c1-16-8-28(42(39(59)32(16)52)66-44-40(60)38(58)35(55)29(15-46)65-44)64-43-36(56)31-24(50)12-20(61-27-11-19(14-45)33(53)37(57)34(27)54)13-26(31)63-41(43)18-4-6-22(48)25(10-18)62-30(51)7-3-17-2-5-21(47)23(49)9-17/h2-7,9-10,12-13,16,19,27-29,32-35,37-40,42,44-50,52-55,57-60H,8,11,14-15H2,1H3/b7-3+/t16?,19?,27-,28?,29?,32?,33-,34?,35-,37+,38+,39?,40?,42?,44+/m1/s1. The van der Waals surface area contributed by atoms with E-state index in [1.807, 2.05) is 0 Å². The van der Waals surface area contributed by atoms with Crippen molar-refractivity contribution in [3.8, 4) is 51.6 Å². The normalized spacial score (nSPS) is 32.6. The van der Waals surface area contributed by atoms with Crippen LogP contribution in [0.1, 0.15) is 25.3 Å². The number of hydrogen-bond donors (Lipinski definition) is 14. The predicted octanol–water partition coefficient (Wildman–Crippen LogP) is -1.56. The van der Waals surface area contributed by atoms with Crippen molar-refractivity contribution in [3.05, 3.63) is 70.4 Å². The first-order valence-corrected chi connectivity index (χ1v) is 20.7. The number of carbonyl (C=O) groups is 1. The third-order valence-corrected chi connectivity index (χ3v) is 12.0. The fourth-order valence-corrected chi connectivity index (χ4v) is 8.22. The second kappa shape index (κ2) is 19.7. The third-order valence-electron chi connectivity index (χ3n) is 12.0. The fourth-order valence-electron chi connectivity index (χ4n) is 8.22. The van der Waals surface area contributed by atoms with E-state index in [0.29, 0.717) is 0 Å². The minimum Gasteiger partial charge on any atom is -0.507 e. The number of aliphatic hydroxyl groups is 10. The number of carbonyl (C=O) groups excluding carboxylic acids is 1. The smallest absolute Gasteiger partial charge is 0.336 e. The zero-order chi connectivity index (χ0) is 47.9. The molecular formula is C44H50O22. The van der Waals surface area contributed by atoms with Crippen LogP contribution in [0.25, 0.3) is 28.4 Å². The molecule has 66 heavy (non-hydrogen) atoms. The zero-order valence-corrected chi connectivity index (χ0v) is 34.8. The number of rotatable bonds is 12. The summed E-state index contributed by atoms with van der Waals surface area (Å²) in [5, 5.41) is 146. The molecule has 3 fully saturated rings. The number of hydrogen-bond acceptors (Lipinski definition) is 22. The van der Waals surface area contributed by atoms with Gasteiger partial charge in [-0.1, -0.05) is 13.0 Å². The van der Waals surface area contributed by atoms with Crippen LogP contribution in [-0.2, 0) is 14.3 Å². The van der Waals surface area contributed by atoms with E-state index < -0.39 is 162 Å². The highest BCUT2D eigenvalue weighted by Crippen LogP contribution is 2.42. The molecule has 9 unspecified atom stereocenters. The number of esters is 1. The van der Waals surface area contributed by atoms with Crippen molar-refractivity contribution in [3.63, 3.8) is 0 Å². The van der Waals surface area contributed by atoms with Crippen LogP contribution in [0.2, 0.25) is 0 Å².